The van der Waals surface area contributed by atoms with Crippen molar-refractivity contribution in [3.05, 3.63) is 29.1 Å². The van der Waals surface area contributed by atoms with E-state index in [0.717, 1.165) is 25.7 Å². The van der Waals surface area contributed by atoms with E-state index in [0.29, 0.717) is 53.2 Å². The Labute approximate surface area is 216 Å². The Kier molecular flexibility index (Phi) is 6.21. The Morgan fingerprint density at radius 1 is 0.919 bits per heavy atom. The molecule has 0 radical (unpaired) electrons. The number of aliphatic hydroxyl groups excluding tert-OH is 1. The van der Waals surface area contributed by atoms with E-state index in [9.17, 15) is 22.7 Å². The third-order valence-corrected chi connectivity index (χ3v) is 12.0. The predicted molar refractivity (Wildman–Crippen MR) is 135 cm³/mol. The second-order valence-electron chi connectivity index (χ2n) is 13.4. The molecule has 6 rings (SSSR count). The van der Waals surface area contributed by atoms with Crippen LogP contribution < -0.4 is 0 Å². The Bertz CT molecular complexity index is 1150. The van der Waals surface area contributed by atoms with Gasteiger partial charge < -0.3 is 10.1 Å². The van der Waals surface area contributed by atoms with Crippen molar-refractivity contribution in [3.8, 4) is 0 Å². The van der Waals surface area contributed by atoms with Gasteiger partial charge in [-0.15, -0.1) is 0 Å². The van der Waals surface area contributed by atoms with E-state index in [2.05, 4.69) is 30.7 Å². The maximum atomic E-state index is 14.2. The van der Waals surface area contributed by atoms with Gasteiger partial charge in [-0.05, 0) is 97.7 Å². The predicted octanol–water partition coefficient (Wildman–Crippen LogP) is 7.71. The van der Waals surface area contributed by atoms with Crippen LogP contribution in [0.2, 0.25) is 0 Å². The van der Waals surface area contributed by atoms with Crippen LogP contribution in [0.25, 0.3) is 11.0 Å². The molecule has 4 aliphatic carbocycles. The van der Waals surface area contributed by atoms with Gasteiger partial charge in [0.1, 0.15) is 16.9 Å². The van der Waals surface area contributed by atoms with Gasteiger partial charge in [0.05, 0.1) is 6.10 Å². The minimum absolute atomic E-state index is 0.178. The summed E-state index contributed by atoms with van der Waals surface area (Å²) in [5.41, 5.74) is -0.340. The molecule has 0 aliphatic heterocycles. The summed E-state index contributed by atoms with van der Waals surface area (Å²) in [4.78, 5) is 6.76. The average Bonchev–Trinajstić information content (AvgIpc) is 3.46. The molecular weight excluding hydrogens is 480 g/mol. The summed E-state index contributed by atoms with van der Waals surface area (Å²) in [5.74, 6) is -3.08. The minimum atomic E-state index is -1.82. The molecule has 0 bridgehead atoms. The van der Waals surface area contributed by atoms with Crippen LogP contribution in [0.5, 0.6) is 0 Å². The van der Waals surface area contributed by atoms with Gasteiger partial charge in [-0.3, -0.25) is 0 Å². The van der Waals surface area contributed by atoms with Gasteiger partial charge >= 0.3 is 0 Å². The molecule has 4 saturated carbocycles. The number of fused-ring (bicyclic) bond motifs is 6. The Morgan fingerprint density at radius 3 is 2.43 bits per heavy atom. The first-order chi connectivity index (χ1) is 17.6. The molecule has 9 atom stereocenters. The van der Waals surface area contributed by atoms with Crippen LogP contribution in [0.3, 0.4) is 0 Å². The van der Waals surface area contributed by atoms with Gasteiger partial charge in [0.25, 0.3) is 0 Å². The van der Waals surface area contributed by atoms with Crippen molar-refractivity contribution in [1.29, 1.82) is 0 Å². The SMILES string of the molecule is CC(CCc1nc2c(F)c(F)c(F)c(F)c2[nH]1)C1CCC2C3C(O)CC4CCCCC4(C)C3CCC12C. The lowest BCUT2D eigenvalue weighted by Gasteiger charge is -2.62. The van der Waals surface area contributed by atoms with Crippen molar-refractivity contribution < 1.29 is 22.7 Å². The molecule has 2 aromatic rings. The second-order valence-corrected chi connectivity index (χ2v) is 13.4. The third kappa shape index (κ3) is 3.72. The van der Waals surface area contributed by atoms with Gasteiger partial charge in [-0.1, -0.05) is 33.6 Å². The van der Waals surface area contributed by atoms with Crippen molar-refractivity contribution in [3.63, 3.8) is 0 Å². The van der Waals surface area contributed by atoms with Crippen molar-refractivity contribution in [1.82, 2.24) is 9.97 Å². The molecule has 1 aromatic carbocycles. The third-order valence-electron chi connectivity index (χ3n) is 12.0. The van der Waals surface area contributed by atoms with Gasteiger partial charge in [-0.25, -0.2) is 22.5 Å². The topological polar surface area (TPSA) is 48.9 Å². The highest BCUT2D eigenvalue weighted by Crippen LogP contribution is 2.68. The quantitative estimate of drug-likeness (QED) is 0.246. The summed E-state index contributed by atoms with van der Waals surface area (Å²) in [5, 5.41) is 11.4. The molecule has 1 aromatic heterocycles. The van der Waals surface area contributed by atoms with Crippen LogP contribution in [-0.4, -0.2) is 21.2 Å². The first kappa shape index (κ1) is 25.6. The van der Waals surface area contributed by atoms with Crippen LogP contribution in [0.1, 0.15) is 90.8 Å². The summed E-state index contributed by atoms with van der Waals surface area (Å²) in [6, 6.07) is 0. The first-order valence-electron chi connectivity index (χ1n) is 14.4. The van der Waals surface area contributed by atoms with E-state index in [1.807, 2.05) is 0 Å². The zero-order chi connectivity index (χ0) is 26.3. The standard InChI is InChI=1S/C30H40F4N2O/c1-15(7-10-21-35-27-25(33)23(31)24(32)26(34)28(27)36-21)17-8-9-18-22-19(11-13-30(17,18)3)29(2)12-5-4-6-16(29)14-20(22)37/h15-20,22,37H,4-14H2,1-3H3,(H,35,36). The fraction of sp³-hybridized carbons (Fsp3) is 0.767. The average molecular weight is 521 g/mol. The molecule has 0 saturated heterocycles. The summed E-state index contributed by atoms with van der Waals surface area (Å²) in [6.07, 6.45) is 11.9. The monoisotopic (exact) mass is 520 g/mol. The number of hydrogen-bond acceptors (Lipinski definition) is 2. The lowest BCUT2D eigenvalue weighted by atomic mass is 9.44. The number of H-pyrrole nitrogens is 1. The van der Waals surface area contributed by atoms with Gasteiger partial charge in [0.2, 0.25) is 0 Å². The number of benzene rings is 1. The van der Waals surface area contributed by atoms with E-state index in [-0.39, 0.29) is 11.5 Å². The highest BCUT2D eigenvalue weighted by molar-refractivity contribution is 5.76. The molecule has 3 nitrogen and oxygen atoms in total. The fourth-order valence-corrected chi connectivity index (χ4v) is 10.1. The second kappa shape index (κ2) is 8.96. The summed E-state index contributed by atoms with van der Waals surface area (Å²) in [7, 11) is 0. The fourth-order valence-electron chi connectivity index (χ4n) is 10.1. The molecule has 0 amide bonds. The zero-order valence-corrected chi connectivity index (χ0v) is 22.2. The molecule has 7 heteroatoms. The molecule has 1 heterocycles. The summed E-state index contributed by atoms with van der Waals surface area (Å²) < 4.78 is 55.6. The molecule has 4 fully saturated rings. The number of imidazole rings is 1. The lowest BCUT2D eigenvalue weighted by Crippen LogP contribution is -2.57. The number of aliphatic hydroxyl groups is 1. The molecular formula is C30H40F4N2O. The number of nitrogens with zero attached hydrogens (tertiary/aromatic N) is 1. The number of aromatic amines is 1. The van der Waals surface area contributed by atoms with Crippen molar-refractivity contribution in [2.75, 3.05) is 0 Å². The molecule has 2 N–H and O–H groups in total. The van der Waals surface area contributed by atoms with E-state index >= 15 is 0 Å². The number of aromatic nitrogens is 2. The van der Waals surface area contributed by atoms with E-state index in [1.54, 1.807) is 0 Å². The van der Waals surface area contributed by atoms with Crippen LogP contribution >= 0.6 is 0 Å². The number of hydrogen-bond donors (Lipinski definition) is 2. The first-order valence-corrected chi connectivity index (χ1v) is 14.4. The number of nitrogens with one attached hydrogen (secondary N) is 1. The van der Waals surface area contributed by atoms with E-state index < -0.39 is 34.3 Å². The van der Waals surface area contributed by atoms with Gasteiger partial charge in [-0.2, -0.15) is 0 Å². The van der Waals surface area contributed by atoms with Gasteiger partial charge in [0, 0.05) is 6.42 Å². The normalized spacial score (nSPS) is 40.3. The molecule has 4 aliphatic rings. The maximum absolute atomic E-state index is 14.2. The van der Waals surface area contributed by atoms with Gasteiger partial charge in [0.15, 0.2) is 23.3 Å². The van der Waals surface area contributed by atoms with Crippen LogP contribution in [0, 0.1) is 69.6 Å². The molecule has 9 unspecified atom stereocenters. The zero-order valence-electron chi connectivity index (χ0n) is 22.2. The highest BCUT2D eigenvalue weighted by atomic mass is 19.2. The largest absolute Gasteiger partial charge is 0.393 e. The minimum Gasteiger partial charge on any atom is -0.393 e. The highest BCUT2D eigenvalue weighted by Gasteiger charge is 2.62. The van der Waals surface area contributed by atoms with Crippen molar-refractivity contribution in [2.24, 2.45) is 46.3 Å². The summed E-state index contributed by atoms with van der Waals surface area (Å²) >= 11 is 0. The van der Waals surface area contributed by atoms with Crippen LogP contribution in [0.15, 0.2) is 0 Å². The lowest BCUT2D eigenvalue weighted by molar-refractivity contribution is -0.164. The number of rotatable bonds is 4. The number of aryl methyl sites for hydroxylation is 1. The molecule has 204 valence electrons. The number of halogens is 4. The summed E-state index contributed by atoms with van der Waals surface area (Å²) in [6.45, 7) is 7.22. The molecule has 0 spiro atoms. The van der Waals surface area contributed by atoms with Crippen molar-refractivity contribution >= 4 is 11.0 Å². The van der Waals surface area contributed by atoms with Crippen LogP contribution in [0.4, 0.5) is 17.6 Å². The van der Waals surface area contributed by atoms with Crippen molar-refractivity contribution in [2.45, 2.75) is 97.5 Å². The Hall–Kier alpha value is -1.63. The van der Waals surface area contributed by atoms with E-state index in [4.69, 9.17) is 0 Å². The maximum Gasteiger partial charge on any atom is 0.199 e. The smallest absolute Gasteiger partial charge is 0.199 e. The van der Waals surface area contributed by atoms with E-state index in [1.165, 1.54) is 38.5 Å². The Balaban J connectivity index is 1.19. The van der Waals surface area contributed by atoms with Crippen LogP contribution in [-0.2, 0) is 6.42 Å². The molecule has 37 heavy (non-hydrogen) atoms. The Morgan fingerprint density at radius 2 is 1.65 bits per heavy atom.